The maximum absolute atomic E-state index is 12.4. The van der Waals surface area contributed by atoms with Gasteiger partial charge in [0.05, 0.1) is 12.1 Å². The van der Waals surface area contributed by atoms with Gasteiger partial charge in [-0.1, -0.05) is 61.2 Å². The van der Waals surface area contributed by atoms with Crippen molar-refractivity contribution in [2.45, 2.75) is 26.8 Å². The van der Waals surface area contributed by atoms with E-state index in [1.807, 2.05) is 56.3 Å². The Hall–Kier alpha value is -3.73. The van der Waals surface area contributed by atoms with Gasteiger partial charge in [-0.25, -0.2) is 0 Å². The molecule has 0 aliphatic heterocycles. The third kappa shape index (κ3) is 7.55. The molecule has 0 saturated carbocycles. The van der Waals surface area contributed by atoms with Crippen LogP contribution in [-0.4, -0.2) is 28.2 Å². The van der Waals surface area contributed by atoms with Crippen molar-refractivity contribution in [3.8, 4) is 0 Å². The quantitative estimate of drug-likeness (QED) is 0.456. The molecule has 2 rings (SSSR count). The zero-order valence-corrected chi connectivity index (χ0v) is 18.2. The highest BCUT2D eigenvalue weighted by molar-refractivity contribution is 5.94. The number of hydrogen-bond acceptors (Lipinski definition) is 3. The van der Waals surface area contributed by atoms with Gasteiger partial charge in [0.1, 0.15) is 0 Å². The highest BCUT2D eigenvalue weighted by Crippen LogP contribution is 2.14. The molecule has 0 aliphatic carbocycles. The Morgan fingerprint density at radius 1 is 1.10 bits per heavy atom. The van der Waals surface area contributed by atoms with Crippen LogP contribution in [0.4, 0.5) is 0 Å². The standard InChI is InChI=1S/C26H29N3O2/c1-5-8-20(4)16-28-26(31)24-15-23(17-27-18-24)14-21-9-11-22(12-10-21)19-29(13-6-2)25(30)7-3/h5-13,15,17-18H,1,3,14,16,19H2,2,4H3,(H,28,31)/b13-6-,20-8+. The van der Waals surface area contributed by atoms with E-state index in [2.05, 4.69) is 23.5 Å². The molecule has 31 heavy (non-hydrogen) atoms. The summed E-state index contributed by atoms with van der Waals surface area (Å²) in [6, 6.07) is 9.91. The van der Waals surface area contributed by atoms with Gasteiger partial charge in [0.15, 0.2) is 0 Å². The summed E-state index contributed by atoms with van der Waals surface area (Å²) < 4.78 is 0. The van der Waals surface area contributed by atoms with Crippen molar-refractivity contribution in [3.63, 3.8) is 0 Å². The van der Waals surface area contributed by atoms with Crippen molar-refractivity contribution >= 4 is 11.8 Å². The molecular weight excluding hydrogens is 386 g/mol. The van der Waals surface area contributed by atoms with Crippen LogP contribution in [-0.2, 0) is 17.8 Å². The molecule has 0 radical (unpaired) electrons. The van der Waals surface area contributed by atoms with Crippen LogP contribution in [0.15, 0.2) is 92.0 Å². The third-order valence-corrected chi connectivity index (χ3v) is 4.56. The minimum Gasteiger partial charge on any atom is -0.348 e. The van der Waals surface area contributed by atoms with Crippen LogP contribution >= 0.6 is 0 Å². The predicted molar refractivity (Wildman–Crippen MR) is 125 cm³/mol. The van der Waals surface area contributed by atoms with Crippen LogP contribution in [0.5, 0.6) is 0 Å². The number of amides is 2. The molecule has 0 fully saturated rings. The van der Waals surface area contributed by atoms with E-state index in [-0.39, 0.29) is 11.8 Å². The largest absolute Gasteiger partial charge is 0.348 e. The molecule has 0 spiro atoms. The van der Waals surface area contributed by atoms with Gasteiger partial charge in [0.25, 0.3) is 5.91 Å². The van der Waals surface area contributed by atoms with Crippen molar-refractivity contribution in [1.82, 2.24) is 15.2 Å². The lowest BCUT2D eigenvalue weighted by Gasteiger charge is -2.16. The number of benzene rings is 1. The molecule has 1 heterocycles. The zero-order chi connectivity index (χ0) is 22.6. The first kappa shape index (κ1) is 23.5. The van der Waals surface area contributed by atoms with Gasteiger partial charge in [-0.05, 0) is 49.1 Å². The van der Waals surface area contributed by atoms with Gasteiger partial charge in [-0.15, -0.1) is 0 Å². The SMILES string of the molecule is C=C/C=C(\C)CNC(=O)c1cncc(Cc2ccc(CN(/C=C\C)C(=O)C=C)cc2)c1. The number of pyridine rings is 1. The summed E-state index contributed by atoms with van der Waals surface area (Å²) in [7, 11) is 0. The fourth-order valence-corrected chi connectivity index (χ4v) is 2.99. The number of allylic oxidation sites excluding steroid dienone is 3. The molecule has 160 valence electrons. The summed E-state index contributed by atoms with van der Waals surface area (Å²) >= 11 is 0. The van der Waals surface area contributed by atoms with Crippen molar-refractivity contribution < 1.29 is 9.59 Å². The van der Waals surface area contributed by atoms with E-state index in [1.165, 1.54) is 6.08 Å². The van der Waals surface area contributed by atoms with Gasteiger partial charge in [0, 0.05) is 25.1 Å². The molecule has 0 aliphatic rings. The maximum atomic E-state index is 12.4. The van der Waals surface area contributed by atoms with E-state index in [4.69, 9.17) is 0 Å². The second-order valence-electron chi connectivity index (χ2n) is 7.16. The molecule has 0 atom stereocenters. The average molecular weight is 416 g/mol. The zero-order valence-electron chi connectivity index (χ0n) is 18.2. The number of carbonyl (C=O) groups excluding carboxylic acids is 2. The Labute approximate surface area is 184 Å². The first-order valence-electron chi connectivity index (χ1n) is 10.1. The Morgan fingerprint density at radius 3 is 2.45 bits per heavy atom. The van der Waals surface area contributed by atoms with Gasteiger partial charge < -0.3 is 10.2 Å². The minimum atomic E-state index is -0.155. The summed E-state index contributed by atoms with van der Waals surface area (Å²) in [5, 5.41) is 2.88. The fraction of sp³-hybridized carbons (Fsp3) is 0.192. The summed E-state index contributed by atoms with van der Waals surface area (Å²) in [6.45, 7) is 12.0. The van der Waals surface area contributed by atoms with E-state index in [9.17, 15) is 9.59 Å². The predicted octanol–water partition coefficient (Wildman–Crippen LogP) is 4.58. The molecule has 0 saturated heterocycles. The van der Waals surface area contributed by atoms with Crippen molar-refractivity contribution in [2.75, 3.05) is 6.54 Å². The van der Waals surface area contributed by atoms with Crippen LogP contribution in [0.1, 0.15) is 40.9 Å². The molecule has 5 nitrogen and oxygen atoms in total. The fourth-order valence-electron chi connectivity index (χ4n) is 2.99. The lowest BCUT2D eigenvalue weighted by atomic mass is 10.0. The second-order valence-corrected chi connectivity index (χ2v) is 7.16. The number of aromatic nitrogens is 1. The Kier molecular flexibility index (Phi) is 9.17. The first-order valence-corrected chi connectivity index (χ1v) is 10.1. The van der Waals surface area contributed by atoms with Crippen molar-refractivity contribution in [2.24, 2.45) is 0 Å². The first-order chi connectivity index (χ1) is 15.0. The number of nitrogens with one attached hydrogen (secondary N) is 1. The maximum Gasteiger partial charge on any atom is 0.253 e. The van der Waals surface area contributed by atoms with Gasteiger partial charge >= 0.3 is 0 Å². The van der Waals surface area contributed by atoms with E-state index in [1.54, 1.807) is 29.6 Å². The van der Waals surface area contributed by atoms with Crippen molar-refractivity contribution in [1.29, 1.82) is 0 Å². The molecule has 0 bridgehead atoms. The molecule has 1 aromatic carbocycles. The molecule has 1 aromatic heterocycles. The number of hydrogen-bond donors (Lipinski definition) is 1. The summed E-state index contributed by atoms with van der Waals surface area (Å²) in [4.78, 5) is 30.1. The summed E-state index contributed by atoms with van der Waals surface area (Å²) in [5.41, 5.74) is 4.63. The number of rotatable bonds is 10. The Bertz CT molecular complexity index is 988. The van der Waals surface area contributed by atoms with Crippen LogP contribution in [0, 0.1) is 0 Å². The molecule has 1 N–H and O–H groups in total. The number of nitrogens with zero attached hydrogens (tertiary/aromatic N) is 2. The lowest BCUT2D eigenvalue weighted by molar-refractivity contribution is -0.124. The molecule has 2 amide bonds. The van der Waals surface area contributed by atoms with Crippen LogP contribution in [0.2, 0.25) is 0 Å². The lowest BCUT2D eigenvalue weighted by Crippen LogP contribution is -2.25. The Balaban J connectivity index is 2.03. The highest BCUT2D eigenvalue weighted by Gasteiger charge is 2.09. The minimum absolute atomic E-state index is 0.140. The summed E-state index contributed by atoms with van der Waals surface area (Å²) in [6.07, 6.45) is 12.4. The average Bonchev–Trinajstić information content (AvgIpc) is 2.78. The second kappa shape index (κ2) is 12.1. The molecule has 2 aromatic rings. The molecular formula is C26H29N3O2. The smallest absolute Gasteiger partial charge is 0.253 e. The van der Waals surface area contributed by atoms with Crippen LogP contribution in [0.3, 0.4) is 0 Å². The third-order valence-electron chi connectivity index (χ3n) is 4.56. The topological polar surface area (TPSA) is 62.3 Å². The van der Waals surface area contributed by atoms with Crippen molar-refractivity contribution in [3.05, 3.63) is 114 Å². The van der Waals surface area contributed by atoms with Crippen LogP contribution in [0.25, 0.3) is 0 Å². The van der Waals surface area contributed by atoms with Crippen LogP contribution < -0.4 is 5.32 Å². The van der Waals surface area contributed by atoms with E-state index in [0.29, 0.717) is 25.1 Å². The van der Waals surface area contributed by atoms with E-state index in [0.717, 1.165) is 22.3 Å². The molecule has 0 unspecified atom stereocenters. The number of carbonyl (C=O) groups is 2. The summed E-state index contributed by atoms with van der Waals surface area (Å²) in [5.74, 6) is -0.295. The van der Waals surface area contributed by atoms with E-state index < -0.39 is 0 Å². The highest BCUT2D eigenvalue weighted by atomic mass is 16.2. The van der Waals surface area contributed by atoms with Gasteiger partial charge in [0.2, 0.25) is 5.91 Å². The molecule has 5 heteroatoms. The van der Waals surface area contributed by atoms with Gasteiger partial charge in [-0.3, -0.25) is 14.6 Å². The van der Waals surface area contributed by atoms with E-state index >= 15 is 0 Å². The van der Waals surface area contributed by atoms with Gasteiger partial charge in [-0.2, -0.15) is 0 Å². The Morgan fingerprint density at radius 2 is 1.81 bits per heavy atom. The monoisotopic (exact) mass is 415 g/mol. The normalized spacial score (nSPS) is 11.2.